The van der Waals surface area contributed by atoms with Crippen molar-refractivity contribution in [2.45, 2.75) is 37.0 Å². The molecule has 1 saturated carbocycles. The zero-order chi connectivity index (χ0) is 17.7. The summed E-state index contributed by atoms with van der Waals surface area (Å²) in [7, 11) is 0. The molecule has 7 heteroatoms. The average Bonchev–Trinajstić information content (AvgIpc) is 3.06. The Bertz CT molecular complexity index is 875. The molecule has 3 aliphatic rings. The van der Waals surface area contributed by atoms with Gasteiger partial charge in [-0.2, -0.15) is 0 Å². The molecule has 2 aromatic rings. The van der Waals surface area contributed by atoms with E-state index in [4.69, 9.17) is 15.5 Å². The number of thioether (sulfide) groups is 1. The van der Waals surface area contributed by atoms with Crippen molar-refractivity contribution in [2.24, 2.45) is 16.6 Å². The summed E-state index contributed by atoms with van der Waals surface area (Å²) in [4.78, 5) is 13.2. The number of nitrogens with zero attached hydrogens (tertiary/aromatic N) is 3. The molecule has 1 aromatic heterocycles. The lowest BCUT2D eigenvalue weighted by molar-refractivity contribution is -0.0236. The number of benzene rings is 1. The van der Waals surface area contributed by atoms with E-state index in [1.54, 1.807) is 24.2 Å². The SMILES string of the molecule is NC1=NC2(CS1)c1cc(-c3cncnc3)ccc1O[C@H]1CCC(O)C[C@@H]12. The maximum absolute atomic E-state index is 10.3. The summed E-state index contributed by atoms with van der Waals surface area (Å²) in [6.07, 6.45) is 7.23. The Morgan fingerprint density at radius 3 is 2.81 bits per heavy atom. The molecule has 0 bridgehead atoms. The van der Waals surface area contributed by atoms with Crippen molar-refractivity contribution in [3.8, 4) is 16.9 Å². The molecule has 3 heterocycles. The highest BCUT2D eigenvalue weighted by atomic mass is 32.2. The van der Waals surface area contributed by atoms with Gasteiger partial charge in [-0.3, -0.25) is 0 Å². The Kier molecular flexibility index (Phi) is 3.68. The Morgan fingerprint density at radius 2 is 2.04 bits per heavy atom. The molecule has 1 spiro atoms. The van der Waals surface area contributed by atoms with Crippen LogP contribution in [0.1, 0.15) is 24.8 Å². The van der Waals surface area contributed by atoms with Gasteiger partial charge in [-0.25, -0.2) is 15.0 Å². The highest BCUT2D eigenvalue weighted by Crippen LogP contribution is 2.54. The smallest absolute Gasteiger partial charge is 0.154 e. The fourth-order valence-corrected chi connectivity index (χ4v) is 5.53. The molecule has 2 unspecified atom stereocenters. The molecule has 0 amide bonds. The van der Waals surface area contributed by atoms with E-state index in [1.165, 1.54) is 6.33 Å². The molecular formula is C19H20N4O2S. The second-order valence-corrected chi connectivity index (χ2v) is 8.23. The molecule has 1 fully saturated rings. The zero-order valence-corrected chi connectivity index (χ0v) is 15.0. The van der Waals surface area contributed by atoms with Gasteiger partial charge >= 0.3 is 0 Å². The standard InChI is InChI=1S/C19H20N4O2S/c20-18-23-19(9-26-18)14-5-11(12-7-21-10-22-8-12)1-3-16(14)25-17-4-2-13(24)6-15(17)19/h1,3,5,7-8,10,13,15,17,24H,2,4,6,9H2,(H2,20,23)/t13?,15-,17-,19?/m0/s1. The van der Waals surface area contributed by atoms with Crippen LogP contribution in [0.3, 0.4) is 0 Å². The van der Waals surface area contributed by atoms with Crippen molar-refractivity contribution in [3.63, 3.8) is 0 Å². The Labute approximate surface area is 155 Å². The molecule has 3 N–H and O–H groups in total. The molecule has 0 saturated heterocycles. The van der Waals surface area contributed by atoms with Crippen LogP contribution in [0.15, 0.2) is 41.9 Å². The van der Waals surface area contributed by atoms with Gasteiger partial charge in [0.25, 0.3) is 0 Å². The lowest BCUT2D eigenvalue weighted by Gasteiger charge is -2.48. The first-order valence-corrected chi connectivity index (χ1v) is 9.87. The fraction of sp³-hybridized carbons (Fsp3) is 0.421. The average molecular weight is 368 g/mol. The minimum atomic E-state index is -0.431. The van der Waals surface area contributed by atoms with E-state index < -0.39 is 5.54 Å². The predicted molar refractivity (Wildman–Crippen MR) is 101 cm³/mol. The number of ether oxygens (including phenoxy) is 1. The van der Waals surface area contributed by atoms with E-state index in [2.05, 4.69) is 16.0 Å². The summed E-state index contributed by atoms with van der Waals surface area (Å²) in [6, 6.07) is 6.20. The molecule has 6 nitrogen and oxygen atoms in total. The molecule has 4 atom stereocenters. The van der Waals surface area contributed by atoms with Crippen molar-refractivity contribution < 1.29 is 9.84 Å². The molecule has 5 rings (SSSR count). The predicted octanol–water partition coefficient (Wildman–Crippen LogP) is 2.32. The van der Waals surface area contributed by atoms with Crippen LogP contribution < -0.4 is 10.5 Å². The molecule has 1 aliphatic carbocycles. The Hall–Kier alpha value is -2.12. The highest BCUT2D eigenvalue weighted by Gasteiger charge is 2.54. The third-order valence-corrected chi connectivity index (χ3v) is 6.71. The Balaban J connectivity index is 1.67. The monoisotopic (exact) mass is 368 g/mol. The second kappa shape index (κ2) is 5.96. The van der Waals surface area contributed by atoms with Gasteiger partial charge in [0.05, 0.1) is 6.10 Å². The van der Waals surface area contributed by atoms with Crippen LogP contribution in [0.25, 0.3) is 11.1 Å². The van der Waals surface area contributed by atoms with Crippen molar-refractivity contribution in [2.75, 3.05) is 5.75 Å². The summed E-state index contributed by atoms with van der Waals surface area (Å²) in [6.45, 7) is 0. The molecule has 134 valence electrons. The van der Waals surface area contributed by atoms with Crippen LogP contribution in [0.2, 0.25) is 0 Å². The van der Waals surface area contributed by atoms with Gasteiger partial charge in [-0.1, -0.05) is 17.8 Å². The van der Waals surface area contributed by atoms with Crippen molar-refractivity contribution >= 4 is 16.9 Å². The second-order valence-electron chi connectivity index (χ2n) is 7.23. The van der Waals surface area contributed by atoms with Gasteiger partial charge < -0.3 is 15.6 Å². The number of amidine groups is 1. The molecule has 0 radical (unpaired) electrons. The number of nitrogens with two attached hydrogens (primary N) is 1. The maximum atomic E-state index is 10.3. The van der Waals surface area contributed by atoms with Crippen molar-refractivity contribution in [1.29, 1.82) is 0 Å². The minimum absolute atomic E-state index is 0.0760. The van der Waals surface area contributed by atoms with Gasteiger partial charge in [-0.15, -0.1) is 0 Å². The van der Waals surface area contributed by atoms with E-state index in [0.717, 1.165) is 41.0 Å². The number of aliphatic hydroxyl groups excluding tert-OH is 1. The summed E-state index contributed by atoms with van der Waals surface area (Å²) >= 11 is 1.59. The van der Waals surface area contributed by atoms with Crippen molar-refractivity contribution in [1.82, 2.24) is 9.97 Å². The largest absolute Gasteiger partial charge is 0.490 e. The molecular weight excluding hydrogens is 348 g/mol. The summed E-state index contributed by atoms with van der Waals surface area (Å²) in [5.41, 5.74) is 8.71. The molecule has 1 aromatic carbocycles. The number of hydrogen-bond donors (Lipinski definition) is 2. The maximum Gasteiger partial charge on any atom is 0.154 e. The third-order valence-electron chi connectivity index (χ3n) is 5.74. The molecule has 26 heavy (non-hydrogen) atoms. The van der Waals surface area contributed by atoms with Gasteiger partial charge in [0, 0.05) is 35.2 Å². The van der Waals surface area contributed by atoms with Gasteiger partial charge in [-0.05, 0) is 37.0 Å². The number of aliphatic imine (C=N–C) groups is 1. The summed E-state index contributed by atoms with van der Waals surface area (Å²) < 4.78 is 6.34. The quantitative estimate of drug-likeness (QED) is 0.802. The first-order chi connectivity index (χ1) is 12.7. The van der Waals surface area contributed by atoms with E-state index in [0.29, 0.717) is 11.6 Å². The van der Waals surface area contributed by atoms with Gasteiger partial charge in [0.15, 0.2) is 5.17 Å². The summed E-state index contributed by atoms with van der Waals surface area (Å²) in [5.74, 6) is 1.80. The normalized spacial score (nSPS) is 32.5. The number of rotatable bonds is 1. The Morgan fingerprint density at radius 1 is 1.19 bits per heavy atom. The minimum Gasteiger partial charge on any atom is -0.490 e. The van der Waals surface area contributed by atoms with Crippen LogP contribution in [0.5, 0.6) is 5.75 Å². The third kappa shape index (κ3) is 2.41. The number of fused-ring (bicyclic) bond motifs is 4. The highest BCUT2D eigenvalue weighted by molar-refractivity contribution is 8.14. The first-order valence-electron chi connectivity index (χ1n) is 8.88. The lowest BCUT2D eigenvalue weighted by Crippen LogP contribution is -2.51. The topological polar surface area (TPSA) is 93.6 Å². The van der Waals surface area contributed by atoms with Crippen LogP contribution in [0.4, 0.5) is 0 Å². The number of aromatic nitrogens is 2. The molecule has 2 aliphatic heterocycles. The van der Waals surface area contributed by atoms with Crippen LogP contribution in [-0.4, -0.2) is 38.2 Å². The van der Waals surface area contributed by atoms with Crippen LogP contribution in [-0.2, 0) is 5.54 Å². The number of aliphatic hydroxyl groups is 1. The lowest BCUT2D eigenvalue weighted by atomic mass is 9.68. The fourth-order valence-electron chi connectivity index (χ4n) is 4.50. The van der Waals surface area contributed by atoms with Gasteiger partial charge in [0.2, 0.25) is 0 Å². The summed E-state index contributed by atoms with van der Waals surface area (Å²) in [5, 5.41) is 10.9. The van der Waals surface area contributed by atoms with Gasteiger partial charge in [0.1, 0.15) is 23.7 Å². The van der Waals surface area contributed by atoms with Crippen LogP contribution in [0, 0.1) is 5.92 Å². The van der Waals surface area contributed by atoms with E-state index >= 15 is 0 Å². The van der Waals surface area contributed by atoms with Crippen LogP contribution >= 0.6 is 11.8 Å². The van der Waals surface area contributed by atoms with E-state index in [-0.39, 0.29) is 18.1 Å². The number of hydrogen-bond acceptors (Lipinski definition) is 7. The van der Waals surface area contributed by atoms with E-state index in [1.807, 2.05) is 12.1 Å². The van der Waals surface area contributed by atoms with Crippen molar-refractivity contribution in [3.05, 3.63) is 42.5 Å². The van der Waals surface area contributed by atoms with E-state index in [9.17, 15) is 5.11 Å². The zero-order valence-electron chi connectivity index (χ0n) is 14.2. The first kappa shape index (κ1) is 16.1.